The lowest BCUT2D eigenvalue weighted by Crippen LogP contribution is -2.14. The number of hydrogen-bond acceptors (Lipinski definition) is 4. The first-order chi connectivity index (χ1) is 9.33. The molecule has 4 heteroatoms. The van der Waals surface area contributed by atoms with Crippen LogP contribution in [0.2, 0.25) is 0 Å². The average molecular weight is 264 g/mol. The summed E-state index contributed by atoms with van der Waals surface area (Å²) in [7, 11) is 1.63. The third-order valence-electron chi connectivity index (χ3n) is 3.14. The van der Waals surface area contributed by atoms with Crippen molar-refractivity contribution >= 4 is 5.78 Å². The highest BCUT2D eigenvalue weighted by atomic mass is 16.5. The number of para-hydroxylation sites is 1. The minimum Gasteiger partial charge on any atom is -0.493 e. The predicted octanol–water partition coefficient (Wildman–Crippen LogP) is 2.25. The van der Waals surface area contributed by atoms with Crippen LogP contribution in [-0.4, -0.2) is 39.3 Å². The summed E-state index contributed by atoms with van der Waals surface area (Å²) < 4.78 is 15.8. The van der Waals surface area contributed by atoms with Crippen molar-refractivity contribution in [2.24, 2.45) is 0 Å². The summed E-state index contributed by atoms with van der Waals surface area (Å²) in [5.41, 5.74) is 1.82. The molecular weight excluding hydrogens is 244 g/mol. The van der Waals surface area contributed by atoms with Gasteiger partial charge in [-0.2, -0.15) is 0 Å². The average Bonchev–Trinajstić information content (AvgIpc) is 2.46. The van der Waals surface area contributed by atoms with Crippen LogP contribution in [0.25, 0.3) is 0 Å². The molecular formula is C15H20O4. The third kappa shape index (κ3) is 3.78. The lowest BCUT2D eigenvalue weighted by Gasteiger charge is -2.19. The van der Waals surface area contributed by atoms with Gasteiger partial charge in [0.15, 0.2) is 5.78 Å². The second-order valence-electron chi connectivity index (χ2n) is 4.52. The summed E-state index contributed by atoms with van der Waals surface area (Å²) in [5, 5.41) is 0. The van der Waals surface area contributed by atoms with E-state index in [0.29, 0.717) is 38.4 Å². The van der Waals surface area contributed by atoms with Crippen molar-refractivity contribution < 1.29 is 19.0 Å². The SMILES string of the molecule is COCCOCCC(=O)c1cccc2c1OCCC2. The number of Topliss-reactive ketones (excluding diaryl/α,β-unsaturated/α-hetero) is 1. The van der Waals surface area contributed by atoms with Gasteiger partial charge in [0.1, 0.15) is 5.75 Å². The molecule has 4 nitrogen and oxygen atoms in total. The Morgan fingerprint density at radius 1 is 1.32 bits per heavy atom. The van der Waals surface area contributed by atoms with E-state index in [4.69, 9.17) is 14.2 Å². The van der Waals surface area contributed by atoms with Crippen LogP contribution < -0.4 is 4.74 Å². The molecule has 0 N–H and O–H groups in total. The Morgan fingerprint density at radius 3 is 3.05 bits per heavy atom. The number of ketones is 1. The van der Waals surface area contributed by atoms with Gasteiger partial charge >= 0.3 is 0 Å². The maximum Gasteiger partial charge on any atom is 0.168 e. The maximum atomic E-state index is 12.2. The molecule has 0 bridgehead atoms. The van der Waals surface area contributed by atoms with Gasteiger partial charge in [-0.1, -0.05) is 12.1 Å². The molecule has 104 valence electrons. The highest BCUT2D eigenvalue weighted by Gasteiger charge is 2.18. The minimum atomic E-state index is 0.0798. The third-order valence-corrected chi connectivity index (χ3v) is 3.14. The molecule has 0 unspecified atom stereocenters. The number of fused-ring (bicyclic) bond motifs is 1. The fourth-order valence-electron chi connectivity index (χ4n) is 2.15. The van der Waals surface area contributed by atoms with Crippen LogP contribution >= 0.6 is 0 Å². The van der Waals surface area contributed by atoms with Crippen molar-refractivity contribution in [3.8, 4) is 5.75 Å². The summed E-state index contributed by atoms with van der Waals surface area (Å²) in [6, 6.07) is 5.79. The second-order valence-corrected chi connectivity index (χ2v) is 4.52. The molecule has 0 amide bonds. The Bertz CT molecular complexity index is 428. The fourth-order valence-corrected chi connectivity index (χ4v) is 2.15. The van der Waals surface area contributed by atoms with E-state index in [0.717, 1.165) is 24.2 Å². The van der Waals surface area contributed by atoms with Crippen molar-refractivity contribution in [1.29, 1.82) is 0 Å². The number of carbonyl (C=O) groups excluding carboxylic acids is 1. The van der Waals surface area contributed by atoms with Crippen LogP contribution in [0, 0.1) is 0 Å². The standard InChI is InChI=1S/C15H20O4/c1-17-10-11-18-9-7-14(16)13-6-2-4-12-5-3-8-19-15(12)13/h2,4,6H,3,5,7-11H2,1H3. The smallest absolute Gasteiger partial charge is 0.168 e. The van der Waals surface area contributed by atoms with Gasteiger partial charge in [0, 0.05) is 13.5 Å². The van der Waals surface area contributed by atoms with Crippen molar-refractivity contribution in [3.63, 3.8) is 0 Å². The first-order valence-electron chi connectivity index (χ1n) is 6.67. The monoisotopic (exact) mass is 264 g/mol. The maximum absolute atomic E-state index is 12.2. The van der Waals surface area contributed by atoms with Gasteiger partial charge < -0.3 is 14.2 Å². The fraction of sp³-hybridized carbons (Fsp3) is 0.533. The zero-order chi connectivity index (χ0) is 13.5. The molecule has 0 aromatic heterocycles. The summed E-state index contributed by atoms with van der Waals surface area (Å²) in [6.07, 6.45) is 2.38. The highest BCUT2D eigenvalue weighted by Crippen LogP contribution is 2.29. The molecule has 0 atom stereocenters. The second kappa shape index (κ2) is 7.26. The number of hydrogen-bond donors (Lipinski definition) is 0. The normalized spacial score (nSPS) is 13.7. The van der Waals surface area contributed by atoms with Gasteiger partial charge in [-0.15, -0.1) is 0 Å². The van der Waals surface area contributed by atoms with E-state index < -0.39 is 0 Å². The van der Waals surface area contributed by atoms with E-state index in [1.807, 2.05) is 18.2 Å². The minimum absolute atomic E-state index is 0.0798. The summed E-state index contributed by atoms with van der Waals surface area (Å²) in [6.45, 7) is 2.19. The zero-order valence-corrected chi connectivity index (χ0v) is 11.3. The van der Waals surface area contributed by atoms with Crippen molar-refractivity contribution in [2.75, 3.05) is 33.5 Å². The highest BCUT2D eigenvalue weighted by molar-refractivity contribution is 5.99. The molecule has 0 aliphatic carbocycles. The van der Waals surface area contributed by atoms with Gasteiger partial charge in [0.25, 0.3) is 0 Å². The van der Waals surface area contributed by atoms with Crippen LogP contribution in [0.1, 0.15) is 28.8 Å². The number of ether oxygens (including phenoxy) is 3. The van der Waals surface area contributed by atoms with E-state index in [1.165, 1.54) is 0 Å². The van der Waals surface area contributed by atoms with E-state index >= 15 is 0 Å². The van der Waals surface area contributed by atoms with Crippen molar-refractivity contribution in [3.05, 3.63) is 29.3 Å². The van der Waals surface area contributed by atoms with Crippen LogP contribution in [0.3, 0.4) is 0 Å². The quantitative estimate of drug-likeness (QED) is 0.559. The molecule has 1 aliphatic heterocycles. The van der Waals surface area contributed by atoms with Gasteiger partial charge in [-0.3, -0.25) is 4.79 Å². The van der Waals surface area contributed by atoms with E-state index in [9.17, 15) is 4.79 Å². The molecule has 0 radical (unpaired) electrons. The van der Waals surface area contributed by atoms with Gasteiger partial charge in [0.2, 0.25) is 0 Å². The Kier molecular flexibility index (Phi) is 5.36. The van der Waals surface area contributed by atoms with Crippen LogP contribution in [0.5, 0.6) is 5.75 Å². The van der Waals surface area contributed by atoms with Crippen LogP contribution in [0.15, 0.2) is 18.2 Å². The molecule has 1 aromatic carbocycles. The van der Waals surface area contributed by atoms with Crippen molar-refractivity contribution in [1.82, 2.24) is 0 Å². The Hall–Kier alpha value is -1.39. The largest absolute Gasteiger partial charge is 0.493 e. The Morgan fingerprint density at radius 2 is 2.21 bits per heavy atom. The lowest BCUT2D eigenvalue weighted by molar-refractivity contribution is 0.0640. The van der Waals surface area contributed by atoms with Crippen molar-refractivity contribution in [2.45, 2.75) is 19.3 Å². The summed E-state index contributed by atoms with van der Waals surface area (Å²) in [5.74, 6) is 0.854. The molecule has 19 heavy (non-hydrogen) atoms. The van der Waals surface area contributed by atoms with Gasteiger partial charge in [0.05, 0.1) is 32.0 Å². The molecule has 0 saturated heterocycles. The molecule has 1 aliphatic rings. The molecule has 0 spiro atoms. The number of rotatable bonds is 7. The first-order valence-corrected chi connectivity index (χ1v) is 6.67. The number of methoxy groups -OCH3 is 1. The van der Waals surface area contributed by atoms with Crippen LogP contribution in [0.4, 0.5) is 0 Å². The topological polar surface area (TPSA) is 44.8 Å². The molecule has 2 rings (SSSR count). The molecule has 0 saturated carbocycles. The summed E-state index contributed by atoms with van der Waals surface area (Å²) >= 11 is 0. The zero-order valence-electron chi connectivity index (χ0n) is 11.3. The predicted molar refractivity (Wildman–Crippen MR) is 71.9 cm³/mol. The van der Waals surface area contributed by atoms with Gasteiger partial charge in [-0.25, -0.2) is 0 Å². The first kappa shape index (κ1) is 14.0. The van der Waals surface area contributed by atoms with E-state index in [-0.39, 0.29) is 5.78 Å². The molecule has 0 fully saturated rings. The number of carbonyl (C=O) groups is 1. The number of aryl methyl sites for hydroxylation is 1. The Labute approximate surface area is 113 Å². The molecule has 1 heterocycles. The van der Waals surface area contributed by atoms with E-state index in [1.54, 1.807) is 7.11 Å². The van der Waals surface area contributed by atoms with Crippen LogP contribution in [-0.2, 0) is 15.9 Å². The van der Waals surface area contributed by atoms with E-state index in [2.05, 4.69) is 0 Å². The lowest BCUT2D eigenvalue weighted by atomic mass is 9.99. The Balaban J connectivity index is 1.92. The van der Waals surface area contributed by atoms with Gasteiger partial charge in [-0.05, 0) is 24.5 Å². The molecule has 1 aromatic rings. The summed E-state index contributed by atoms with van der Waals surface area (Å²) in [4.78, 5) is 12.2. The number of benzene rings is 1.